The van der Waals surface area contributed by atoms with E-state index in [2.05, 4.69) is 5.32 Å². The number of rotatable bonds is 11. The summed E-state index contributed by atoms with van der Waals surface area (Å²) in [6.07, 6.45) is 0.135. The Morgan fingerprint density at radius 1 is 1.00 bits per heavy atom. The number of hydrogen-bond acceptors (Lipinski definition) is 4. The zero-order valence-electron chi connectivity index (χ0n) is 25.9. The Labute approximate surface area is 266 Å². The van der Waals surface area contributed by atoms with E-state index in [1.165, 1.54) is 31.3 Å². The van der Waals surface area contributed by atoms with E-state index < -0.39 is 65.5 Å². The van der Waals surface area contributed by atoms with E-state index in [1.54, 1.807) is 33.8 Å². The van der Waals surface area contributed by atoms with Crippen LogP contribution in [0.1, 0.15) is 60.2 Å². The lowest BCUT2D eigenvalue weighted by Crippen LogP contribution is -2.49. The van der Waals surface area contributed by atoms with Gasteiger partial charge in [0.2, 0.25) is 5.91 Å². The van der Waals surface area contributed by atoms with Crippen molar-refractivity contribution in [3.05, 3.63) is 92.2 Å². The Morgan fingerprint density at radius 3 is 2.18 bits per heavy atom. The van der Waals surface area contributed by atoms with Gasteiger partial charge in [0.05, 0.1) is 12.5 Å². The van der Waals surface area contributed by atoms with Gasteiger partial charge < -0.3 is 10.4 Å². The summed E-state index contributed by atoms with van der Waals surface area (Å²) in [5.41, 5.74) is 1.87. The number of benzene rings is 2. The summed E-state index contributed by atoms with van der Waals surface area (Å²) in [7, 11) is 0. The maximum Gasteiger partial charge on any atom is 0.305 e. The number of carbonyl (C=O) groups is 2. The first-order valence-electron chi connectivity index (χ1n) is 14.5. The quantitative estimate of drug-likeness (QED) is 0.261. The zero-order chi connectivity index (χ0) is 32.5. The van der Waals surface area contributed by atoms with Gasteiger partial charge in [-0.15, -0.1) is 0 Å². The number of carboxylic acids is 1. The highest BCUT2D eigenvalue weighted by Crippen LogP contribution is 2.34. The predicted octanol–water partition coefficient (Wildman–Crippen LogP) is 5.70. The molecule has 1 aliphatic rings. The minimum absolute atomic E-state index is 0. The number of hydrogen-bond donors (Lipinski definition) is 2. The lowest BCUT2D eigenvalue weighted by Gasteiger charge is -2.34. The van der Waals surface area contributed by atoms with Crippen LogP contribution in [0.4, 0.5) is 17.6 Å². The molecule has 1 fully saturated rings. The number of nitrogens with zero attached hydrogens (tertiary/aromatic N) is 2. The molecule has 1 unspecified atom stereocenters. The van der Waals surface area contributed by atoms with E-state index in [-0.39, 0.29) is 37.7 Å². The molecule has 1 aromatic heterocycles. The van der Waals surface area contributed by atoms with Gasteiger partial charge in [0.25, 0.3) is 5.56 Å². The van der Waals surface area contributed by atoms with Crippen molar-refractivity contribution in [1.82, 2.24) is 14.8 Å². The van der Waals surface area contributed by atoms with Gasteiger partial charge in [0.15, 0.2) is 5.82 Å². The molecule has 3 aromatic rings. The summed E-state index contributed by atoms with van der Waals surface area (Å²) in [6, 6.07) is 4.21. The number of pyridine rings is 1. The molecule has 45 heavy (non-hydrogen) atoms. The molecule has 12 heteroatoms. The van der Waals surface area contributed by atoms with Crippen LogP contribution in [0.2, 0.25) is 0 Å². The first-order valence-corrected chi connectivity index (χ1v) is 14.5. The zero-order valence-corrected chi connectivity index (χ0v) is 26.9. The fourth-order valence-electron chi connectivity index (χ4n) is 5.92. The third-order valence-corrected chi connectivity index (χ3v) is 8.02. The van der Waals surface area contributed by atoms with E-state index in [0.717, 1.165) is 10.6 Å². The SMILES string of the molecule is Cc1cc(-c2c(C)cc(F)cc2C)cc([C@H](CC(=O)O)NC(=O)C(C(C)C)n2cc(CCN3CC(F)C3)cc(F)c2=O)c1F.S. The maximum absolute atomic E-state index is 15.6. The van der Waals surface area contributed by atoms with E-state index in [1.807, 2.05) is 4.90 Å². The summed E-state index contributed by atoms with van der Waals surface area (Å²) in [4.78, 5) is 40.4. The molecular weight excluding hydrogens is 610 g/mol. The molecule has 0 spiro atoms. The molecule has 2 aromatic carbocycles. The molecule has 1 saturated heterocycles. The normalized spacial score (nSPS) is 14.9. The molecule has 4 rings (SSSR count). The third kappa shape index (κ3) is 8.15. The van der Waals surface area contributed by atoms with Crippen LogP contribution in [-0.4, -0.2) is 52.3 Å². The van der Waals surface area contributed by atoms with Crippen LogP contribution in [0.3, 0.4) is 0 Å². The van der Waals surface area contributed by atoms with Crippen molar-refractivity contribution in [2.75, 3.05) is 19.6 Å². The van der Waals surface area contributed by atoms with Gasteiger partial charge in [-0.05, 0) is 96.8 Å². The van der Waals surface area contributed by atoms with Gasteiger partial charge in [0.1, 0.15) is 23.8 Å². The number of amides is 1. The van der Waals surface area contributed by atoms with Crippen LogP contribution in [-0.2, 0) is 16.0 Å². The topological polar surface area (TPSA) is 91.6 Å². The largest absolute Gasteiger partial charge is 0.481 e. The number of halogens is 4. The van der Waals surface area contributed by atoms with Crippen molar-refractivity contribution in [3.63, 3.8) is 0 Å². The summed E-state index contributed by atoms with van der Waals surface area (Å²) < 4.78 is 58.6. The van der Waals surface area contributed by atoms with Crippen LogP contribution in [0.25, 0.3) is 11.1 Å². The molecule has 2 N–H and O–H groups in total. The fourth-order valence-corrected chi connectivity index (χ4v) is 5.92. The Morgan fingerprint density at radius 2 is 1.62 bits per heavy atom. The van der Waals surface area contributed by atoms with Crippen molar-refractivity contribution in [2.45, 2.75) is 65.7 Å². The average molecular weight is 650 g/mol. The second-order valence-electron chi connectivity index (χ2n) is 12.0. The van der Waals surface area contributed by atoms with Crippen molar-refractivity contribution >= 4 is 25.4 Å². The van der Waals surface area contributed by atoms with Gasteiger partial charge in [-0.3, -0.25) is 23.9 Å². The first-order chi connectivity index (χ1) is 20.7. The van der Waals surface area contributed by atoms with Crippen LogP contribution in [0, 0.1) is 44.1 Å². The highest BCUT2D eigenvalue weighted by Gasteiger charge is 2.31. The number of carboxylic acid groups (broad SMARTS) is 1. The van der Waals surface area contributed by atoms with E-state index in [4.69, 9.17) is 0 Å². The van der Waals surface area contributed by atoms with Gasteiger partial charge in [-0.25, -0.2) is 17.6 Å². The van der Waals surface area contributed by atoms with E-state index >= 15 is 4.39 Å². The number of carbonyl (C=O) groups excluding carboxylic acids is 1. The molecule has 0 aliphatic carbocycles. The van der Waals surface area contributed by atoms with Crippen LogP contribution >= 0.6 is 13.5 Å². The number of aryl methyl sites for hydroxylation is 3. The highest BCUT2D eigenvalue weighted by atomic mass is 32.1. The Kier molecular flexibility index (Phi) is 11.7. The van der Waals surface area contributed by atoms with Crippen LogP contribution in [0.5, 0.6) is 0 Å². The Bertz CT molecular complexity index is 1620. The summed E-state index contributed by atoms with van der Waals surface area (Å²) in [6.45, 7) is 9.23. The summed E-state index contributed by atoms with van der Waals surface area (Å²) >= 11 is 0. The number of likely N-dealkylation sites (tertiary alicyclic amines) is 1. The van der Waals surface area contributed by atoms with Gasteiger partial charge in [0, 0.05) is 31.4 Å². The third-order valence-electron chi connectivity index (χ3n) is 8.02. The van der Waals surface area contributed by atoms with Crippen LogP contribution < -0.4 is 10.9 Å². The first kappa shape index (κ1) is 35.8. The summed E-state index contributed by atoms with van der Waals surface area (Å²) in [5.74, 6) is -4.84. The maximum atomic E-state index is 15.6. The lowest BCUT2D eigenvalue weighted by atomic mass is 9.90. The standard InChI is InChI=1S/C33H37F4N3O4.H2S/c1-17(2)31(40-14-21(11-26(36)33(40)44)6-7-39-15-24(35)16-39)32(43)38-27(13-28(41)42)25-12-22(8-20(5)30(25)37)29-18(3)9-23(34)10-19(29)4;/h8-12,14,17,24,27,31H,6-7,13,15-16H2,1-5H3,(H,38,43)(H,41,42);1H2/t27-,31?;/m0./s1. The number of aliphatic carboxylic acids is 1. The highest BCUT2D eigenvalue weighted by molar-refractivity contribution is 7.59. The minimum atomic E-state index is -1.34. The number of alkyl halides is 1. The van der Waals surface area contributed by atoms with Crippen molar-refractivity contribution in [2.24, 2.45) is 5.92 Å². The molecule has 0 saturated carbocycles. The molecule has 7 nitrogen and oxygen atoms in total. The average Bonchev–Trinajstić information content (AvgIpc) is 2.89. The molecule has 0 radical (unpaired) electrons. The van der Waals surface area contributed by atoms with Crippen molar-refractivity contribution in [3.8, 4) is 11.1 Å². The van der Waals surface area contributed by atoms with Gasteiger partial charge >= 0.3 is 5.97 Å². The molecule has 2 heterocycles. The van der Waals surface area contributed by atoms with Crippen molar-refractivity contribution < 1.29 is 32.3 Å². The monoisotopic (exact) mass is 649 g/mol. The smallest absolute Gasteiger partial charge is 0.305 e. The van der Waals surface area contributed by atoms with Crippen LogP contribution in [0.15, 0.2) is 41.3 Å². The Balaban J connectivity index is 0.00000552. The fraction of sp³-hybridized carbons (Fsp3) is 0.424. The summed E-state index contributed by atoms with van der Waals surface area (Å²) in [5, 5.41) is 12.3. The number of aromatic nitrogens is 1. The Hall–Kier alpha value is -3.64. The predicted molar refractivity (Wildman–Crippen MR) is 169 cm³/mol. The minimum Gasteiger partial charge on any atom is -0.481 e. The second-order valence-corrected chi connectivity index (χ2v) is 12.0. The van der Waals surface area contributed by atoms with Gasteiger partial charge in [-0.2, -0.15) is 13.5 Å². The lowest BCUT2D eigenvalue weighted by molar-refractivity contribution is -0.138. The van der Waals surface area contributed by atoms with Gasteiger partial charge in [-0.1, -0.05) is 13.8 Å². The molecule has 2 atom stereocenters. The molecule has 1 aliphatic heterocycles. The molecule has 244 valence electrons. The van der Waals surface area contributed by atoms with E-state index in [0.29, 0.717) is 40.8 Å². The molecule has 1 amide bonds. The molecular formula is C33H39F4N3O4S. The van der Waals surface area contributed by atoms with E-state index in [9.17, 15) is 32.7 Å². The van der Waals surface area contributed by atoms with Crippen molar-refractivity contribution in [1.29, 1.82) is 0 Å². The molecule has 0 bridgehead atoms. The second kappa shape index (κ2) is 14.6. The number of nitrogens with one attached hydrogen (secondary N) is 1.